The lowest BCUT2D eigenvalue weighted by Gasteiger charge is -2.33. The second-order valence-electron chi connectivity index (χ2n) is 12.1. The molecule has 1 saturated heterocycles. The van der Waals surface area contributed by atoms with Crippen molar-refractivity contribution in [3.8, 4) is 11.8 Å². The molecule has 1 fully saturated rings. The number of hydrogen-bond donors (Lipinski definition) is 1. The van der Waals surface area contributed by atoms with Crippen LogP contribution in [0.15, 0.2) is 48.5 Å². The van der Waals surface area contributed by atoms with Gasteiger partial charge < -0.3 is 19.7 Å². The molecule has 4 aromatic rings. The van der Waals surface area contributed by atoms with Crippen LogP contribution in [0.5, 0.6) is 0 Å². The highest BCUT2D eigenvalue weighted by molar-refractivity contribution is 5.98. The van der Waals surface area contributed by atoms with E-state index in [1.54, 1.807) is 4.90 Å². The molecule has 0 atom stereocenters. The molecule has 0 radical (unpaired) electrons. The monoisotopic (exact) mass is 581 g/mol. The summed E-state index contributed by atoms with van der Waals surface area (Å²) < 4.78 is 12.6. The number of carbonyl (C=O) groups is 2. The lowest BCUT2D eigenvalue weighted by atomic mass is 9.89. The van der Waals surface area contributed by atoms with Crippen molar-refractivity contribution in [1.29, 1.82) is 5.26 Å². The zero-order valence-corrected chi connectivity index (χ0v) is 25.6. The number of fused-ring (bicyclic) bond motifs is 2. The Hall–Kier alpha value is -4.58. The highest BCUT2D eigenvalue weighted by Gasteiger charge is 2.28. The number of anilines is 1. The van der Waals surface area contributed by atoms with E-state index in [9.17, 15) is 14.9 Å². The molecule has 224 valence electrons. The quantitative estimate of drug-likeness (QED) is 0.188. The number of nitrogens with zero attached hydrogens (tertiary/aromatic N) is 4. The molecule has 1 amide bonds. The van der Waals surface area contributed by atoms with Crippen molar-refractivity contribution in [2.24, 2.45) is 0 Å². The number of likely N-dealkylation sites (tertiary alicyclic amines) is 1. The number of nitrogens with one attached hydrogen (secondary N) is 1. The zero-order valence-electron chi connectivity index (χ0n) is 25.6. The predicted molar refractivity (Wildman–Crippen MR) is 168 cm³/mol. The number of imidazole rings is 1. The first kappa shape index (κ1) is 29.9. The van der Waals surface area contributed by atoms with Gasteiger partial charge in [-0.1, -0.05) is 24.3 Å². The fourth-order valence-electron chi connectivity index (χ4n) is 5.84. The number of aryl methyl sites for hydroxylation is 1. The SMILES string of the molecule is COC(=O)CCCNc1cc(C2CCN(C(=O)OC(C)(C)C)CC2)cc2c1nc(C)n2-c1ccc(C#N)c2ccccc12. The van der Waals surface area contributed by atoms with Gasteiger partial charge in [-0.15, -0.1) is 0 Å². The summed E-state index contributed by atoms with van der Waals surface area (Å²) in [5.74, 6) is 0.852. The Balaban J connectivity index is 1.53. The van der Waals surface area contributed by atoms with Gasteiger partial charge in [-0.05, 0) is 82.7 Å². The third kappa shape index (κ3) is 6.43. The molecule has 1 N–H and O–H groups in total. The van der Waals surface area contributed by atoms with Gasteiger partial charge in [0.1, 0.15) is 16.9 Å². The molecule has 0 spiro atoms. The van der Waals surface area contributed by atoms with E-state index in [0.717, 1.165) is 51.8 Å². The summed E-state index contributed by atoms with van der Waals surface area (Å²) in [6, 6.07) is 18.5. The summed E-state index contributed by atoms with van der Waals surface area (Å²) in [5.41, 5.74) is 4.96. The topological polar surface area (TPSA) is 109 Å². The van der Waals surface area contributed by atoms with Crippen molar-refractivity contribution in [1.82, 2.24) is 14.5 Å². The Labute approximate surface area is 252 Å². The third-order valence-corrected chi connectivity index (χ3v) is 7.93. The highest BCUT2D eigenvalue weighted by Crippen LogP contribution is 2.37. The summed E-state index contributed by atoms with van der Waals surface area (Å²) in [4.78, 5) is 31.2. The van der Waals surface area contributed by atoms with E-state index in [-0.39, 0.29) is 18.0 Å². The first-order valence-corrected chi connectivity index (χ1v) is 14.8. The molecular formula is C34H39N5O4. The standard InChI is InChI=1S/C34H39N5O4/c1-22-37-32-28(36-16-8-11-31(40)42-5)19-25(23-14-17-38(18-15-23)33(41)43-34(2,3)4)20-30(32)39(22)29-13-12-24(21-35)26-9-6-7-10-27(26)29/h6-7,9-10,12-13,19-20,23,36H,8,11,14-18H2,1-5H3. The van der Waals surface area contributed by atoms with E-state index in [1.165, 1.54) is 12.7 Å². The lowest BCUT2D eigenvalue weighted by molar-refractivity contribution is -0.140. The zero-order chi connectivity index (χ0) is 30.7. The van der Waals surface area contributed by atoms with Crippen LogP contribution in [-0.2, 0) is 14.3 Å². The molecule has 2 heterocycles. The number of carbonyl (C=O) groups excluding carboxylic acids is 2. The van der Waals surface area contributed by atoms with Crippen LogP contribution >= 0.6 is 0 Å². The van der Waals surface area contributed by atoms with Gasteiger partial charge in [-0.2, -0.15) is 5.26 Å². The van der Waals surface area contributed by atoms with E-state index >= 15 is 0 Å². The maximum absolute atomic E-state index is 12.7. The maximum atomic E-state index is 12.7. The molecular weight excluding hydrogens is 542 g/mol. The predicted octanol–water partition coefficient (Wildman–Crippen LogP) is 6.84. The van der Waals surface area contributed by atoms with Crippen molar-refractivity contribution in [2.75, 3.05) is 32.1 Å². The summed E-state index contributed by atoms with van der Waals surface area (Å²) in [7, 11) is 1.40. The molecule has 0 saturated carbocycles. The number of rotatable bonds is 7. The second-order valence-corrected chi connectivity index (χ2v) is 12.1. The summed E-state index contributed by atoms with van der Waals surface area (Å²) >= 11 is 0. The molecule has 9 heteroatoms. The van der Waals surface area contributed by atoms with E-state index in [1.807, 2.05) is 64.1 Å². The number of ether oxygens (including phenoxy) is 2. The average Bonchev–Trinajstić information content (AvgIpc) is 3.33. The van der Waals surface area contributed by atoms with Crippen molar-refractivity contribution < 1.29 is 19.1 Å². The van der Waals surface area contributed by atoms with E-state index in [0.29, 0.717) is 38.0 Å². The minimum absolute atomic E-state index is 0.231. The Morgan fingerprint density at radius 1 is 1.09 bits per heavy atom. The number of aromatic nitrogens is 2. The smallest absolute Gasteiger partial charge is 0.410 e. The minimum atomic E-state index is -0.528. The van der Waals surface area contributed by atoms with Crippen LogP contribution in [0.4, 0.5) is 10.5 Å². The molecule has 0 bridgehead atoms. The van der Waals surface area contributed by atoms with Gasteiger partial charge in [0.2, 0.25) is 0 Å². The van der Waals surface area contributed by atoms with Gasteiger partial charge in [0.25, 0.3) is 0 Å². The van der Waals surface area contributed by atoms with Gasteiger partial charge in [-0.25, -0.2) is 9.78 Å². The van der Waals surface area contributed by atoms with E-state index in [2.05, 4.69) is 28.1 Å². The Morgan fingerprint density at radius 3 is 2.49 bits per heavy atom. The summed E-state index contributed by atoms with van der Waals surface area (Å²) in [5, 5.41) is 15.1. The van der Waals surface area contributed by atoms with E-state index < -0.39 is 5.60 Å². The number of methoxy groups -OCH3 is 1. The van der Waals surface area contributed by atoms with E-state index in [4.69, 9.17) is 14.5 Å². The lowest BCUT2D eigenvalue weighted by Crippen LogP contribution is -2.41. The molecule has 0 aliphatic carbocycles. The largest absolute Gasteiger partial charge is 0.469 e. The molecule has 3 aromatic carbocycles. The second kappa shape index (κ2) is 12.3. The van der Waals surface area contributed by atoms with Gasteiger partial charge in [0.15, 0.2) is 0 Å². The number of benzene rings is 3. The van der Waals surface area contributed by atoms with Crippen LogP contribution in [0.1, 0.15) is 69.3 Å². The molecule has 0 unspecified atom stereocenters. The fraction of sp³-hybridized carbons (Fsp3) is 0.412. The van der Waals surface area contributed by atoms with Gasteiger partial charge >= 0.3 is 12.1 Å². The number of amides is 1. The van der Waals surface area contributed by atoms with Gasteiger partial charge in [0.05, 0.1) is 35.6 Å². The molecule has 1 aliphatic heterocycles. The van der Waals surface area contributed by atoms with Crippen molar-refractivity contribution in [3.05, 3.63) is 65.5 Å². The first-order chi connectivity index (χ1) is 20.6. The fourth-order valence-corrected chi connectivity index (χ4v) is 5.84. The Bertz CT molecular complexity index is 1700. The number of nitriles is 1. The van der Waals surface area contributed by atoms with Gasteiger partial charge in [0, 0.05) is 36.8 Å². The molecule has 5 rings (SSSR count). The van der Waals surface area contributed by atoms with Crippen molar-refractivity contribution in [3.63, 3.8) is 0 Å². The summed E-state index contributed by atoms with van der Waals surface area (Å²) in [6.07, 6.45) is 2.34. The number of esters is 1. The number of piperidine rings is 1. The maximum Gasteiger partial charge on any atom is 0.410 e. The molecule has 43 heavy (non-hydrogen) atoms. The van der Waals surface area contributed by atoms with Crippen LogP contribution in [0, 0.1) is 18.3 Å². The molecule has 9 nitrogen and oxygen atoms in total. The first-order valence-electron chi connectivity index (χ1n) is 14.8. The Morgan fingerprint density at radius 2 is 1.81 bits per heavy atom. The van der Waals surface area contributed by atoms with Crippen molar-refractivity contribution in [2.45, 2.75) is 64.9 Å². The van der Waals surface area contributed by atoms with Crippen molar-refractivity contribution >= 4 is 39.6 Å². The average molecular weight is 582 g/mol. The van der Waals surface area contributed by atoms with Crippen LogP contribution in [0.3, 0.4) is 0 Å². The normalized spacial score (nSPS) is 14.1. The van der Waals surface area contributed by atoms with Gasteiger partial charge in [-0.3, -0.25) is 9.36 Å². The third-order valence-electron chi connectivity index (χ3n) is 7.93. The minimum Gasteiger partial charge on any atom is -0.469 e. The van der Waals surface area contributed by atoms with Crippen LogP contribution < -0.4 is 5.32 Å². The highest BCUT2D eigenvalue weighted by atomic mass is 16.6. The molecule has 1 aromatic heterocycles. The number of hydrogen-bond acceptors (Lipinski definition) is 7. The molecule has 1 aliphatic rings. The van der Waals surface area contributed by atoms with Crippen LogP contribution in [0.2, 0.25) is 0 Å². The summed E-state index contributed by atoms with van der Waals surface area (Å²) in [6.45, 7) is 9.48. The van der Waals surface area contributed by atoms with Crippen LogP contribution in [0.25, 0.3) is 27.5 Å². The Kier molecular flexibility index (Phi) is 8.58. The van der Waals surface area contributed by atoms with Crippen LogP contribution in [-0.4, -0.2) is 58.9 Å².